The summed E-state index contributed by atoms with van der Waals surface area (Å²) in [5.74, 6) is 0. The van der Waals surface area contributed by atoms with Crippen molar-refractivity contribution in [2.75, 3.05) is 13.6 Å². The van der Waals surface area contributed by atoms with E-state index in [0.717, 1.165) is 11.0 Å². The Morgan fingerprint density at radius 1 is 2.00 bits per heavy atom. The normalized spacial score (nSPS) is 21.7. The van der Waals surface area contributed by atoms with E-state index in [4.69, 9.17) is 0 Å². The molecule has 0 saturated heterocycles. The van der Waals surface area contributed by atoms with E-state index in [9.17, 15) is 0 Å². The molecule has 0 bridgehead atoms. The van der Waals surface area contributed by atoms with Crippen LogP contribution in [0.2, 0.25) is 0 Å². The standard InChI is InChI=1S/C4H6BrN2/c1-7-3-4(5)2-6-7/h2H,3H2,1H3. The molecule has 1 aliphatic heterocycles. The summed E-state index contributed by atoms with van der Waals surface area (Å²) in [5, 5.41) is 1.87. The molecule has 1 radical (unpaired) electrons. The van der Waals surface area contributed by atoms with Crippen LogP contribution in [-0.4, -0.2) is 18.6 Å². The van der Waals surface area contributed by atoms with Gasteiger partial charge in [-0.15, -0.1) is 0 Å². The number of likely N-dealkylation sites (N-methyl/N-ethyl adjacent to an activating group) is 1. The van der Waals surface area contributed by atoms with Gasteiger partial charge in [0.25, 0.3) is 0 Å². The van der Waals surface area contributed by atoms with Crippen LogP contribution in [0.25, 0.3) is 0 Å². The molecule has 1 aliphatic rings. The zero-order chi connectivity index (χ0) is 5.28. The topological polar surface area (TPSA) is 17.3 Å². The number of halogens is 1. The number of hydrogen-bond donors (Lipinski definition) is 0. The van der Waals surface area contributed by atoms with E-state index >= 15 is 0 Å². The first-order valence-corrected chi connectivity index (χ1v) is 2.85. The molecule has 0 aromatic carbocycles. The van der Waals surface area contributed by atoms with Crippen LogP contribution in [0.3, 0.4) is 0 Å². The van der Waals surface area contributed by atoms with Gasteiger partial charge in [0.05, 0.1) is 12.7 Å². The van der Waals surface area contributed by atoms with E-state index in [-0.39, 0.29) is 0 Å². The zero-order valence-corrected chi connectivity index (χ0v) is 5.64. The second-order valence-corrected chi connectivity index (χ2v) is 2.53. The first-order chi connectivity index (χ1) is 3.29. The molecule has 0 atom stereocenters. The van der Waals surface area contributed by atoms with E-state index in [0.29, 0.717) is 0 Å². The van der Waals surface area contributed by atoms with Crippen LogP contribution in [0.1, 0.15) is 0 Å². The highest BCUT2D eigenvalue weighted by atomic mass is 79.9. The molecule has 0 aromatic heterocycles. The summed E-state index contributed by atoms with van der Waals surface area (Å²) in [6.45, 7) is 0.917. The SMILES string of the molecule is CN1CC(Br)=C[N]1. The molecule has 0 fully saturated rings. The van der Waals surface area contributed by atoms with Gasteiger partial charge >= 0.3 is 0 Å². The number of nitrogens with zero attached hydrogens (tertiary/aromatic N) is 2. The molecule has 3 heteroatoms. The van der Waals surface area contributed by atoms with E-state index in [1.165, 1.54) is 0 Å². The van der Waals surface area contributed by atoms with Crippen LogP contribution in [0.15, 0.2) is 10.7 Å². The lowest BCUT2D eigenvalue weighted by molar-refractivity contribution is 0.322. The van der Waals surface area contributed by atoms with Crippen molar-refractivity contribution >= 4 is 15.9 Å². The summed E-state index contributed by atoms with van der Waals surface area (Å²) >= 11 is 3.30. The molecule has 0 N–H and O–H groups in total. The Morgan fingerprint density at radius 3 is 2.86 bits per heavy atom. The Morgan fingerprint density at radius 2 is 2.71 bits per heavy atom. The van der Waals surface area contributed by atoms with Crippen LogP contribution in [0, 0.1) is 0 Å². The van der Waals surface area contributed by atoms with Crippen LogP contribution in [-0.2, 0) is 0 Å². The molecule has 7 heavy (non-hydrogen) atoms. The lowest BCUT2D eigenvalue weighted by Gasteiger charge is -2.01. The fourth-order valence-electron chi connectivity index (χ4n) is 0.461. The van der Waals surface area contributed by atoms with Crippen molar-refractivity contribution in [2.45, 2.75) is 0 Å². The third kappa shape index (κ3) is 1.17. The van der Waals surface area contributed by atoms with Crippen LogP contribution in [0.5, 0.6) is 0 Å². The Labute approximate surface area is 51.3 Å². The first kappa shape index (κ1) is 5.12. The predicted octanol–water partition coefficient (Wildman–Crippen LogP) is 0.688. The number of hydrogen-bond acceptors (Lipinski definition) is 1. The lowest BCUT2D eigenvalue weighted by Crippen LogP contribution is -2.18. The van der Waals surface area contributed by atoms with Crippen LogP contribution < -0.4 is 5.43 Å². The monoisotopic (exact) mass is 161 g/mol. The van der Waals surface area contributed by atoms with E-state index in [2.05, 4.69) is 21.4 Å². The van der Waals surface area contributed by atoms with Gasteiger partial charge in [-0.25, -0.2) is 5.43 Å². The number of rotatable bonds is 0. The van der Waals surface area contributed by atoms with Crippen LogP contribution in [0.4, 0.5) is 0 Å². The summed E-state index contributed by atoms with van der Waals surface area (Å²) in [6, 6.07) is 0. The van der Waals surface area contributed by atoms with Gasteiger partial charge in [-0.3, -0.25) is 0 Å². The molecule has 0 saturated carbocycles. The minimum Gasteiger partial charge on any atom is -0.207 e. The van der Waals surface area contributed by atoms with Gasteiger partial charge < -0.3 is 0 Å². The van der Waals surface area contributed by atoms with Crippen molar-refractivity contribution in [2.24, 2.45) is 0 Å². The predicted molar refractivity (Wildman–Crippen MR) is 31.8 cm³/mol. The maximum absolute atomic E-state index is 3.94. The Balaban J connectivity index is 2.42. The third-order valence-corrected chi connectivity index (χ3v) is 1.23. The molecule has 0 aromatic rings. The van der Waals surface area contributed by atoms with Crippen molar-refractivity contribution in [1.82, 2.24) is 10.4 Å². The summed E-state index contributed by atoms with van der Waals surface area (Å²) < 4.78 is 1.15. The van der Waals surface area contributed by atoms with Crippen molar-refractivity contribution in [3.8, 4) is 0 Å². The lowest BCUT2D eigenvalue weighted by atomic mass is 10.6. The van der Waals surface area contributed by atoms with E-state index in [1.54, 1.807) is 6.20 Å². The Bertz CT molecular complexity index is 99.9. The molecule has 2 nitrogen and oxygen atoms in total. The molecule has 1 heterocycles. The molecule has 0 spiro atoms. The highest BCUT2D eigenvalue weighted by molar-refractivity contribution is 9.11. The summed E-state index contributed by atoms with van der Waals surface area (Å²) in [6.07, 6.45) is 1.81. The first-order valence-electron chi connectivity index (χ1n) is 2.05. The van der Waals surface area contributed by atoms with Gasteiger partial charge in [0, 0.05) is 11.5 Å². The van der Waals surface area contributed by atoms with E-state index in [1.807, 2.05) is 12.1 Å². The molecule has 1 rings (SSSR count). The van der Waals surface area contributed by atoms with Gasteiger partial charge in [0.15, 0.2) is 0 Å². The molecule has 0 amide bonds. The second-order valence-electron chi connectivity index (χ2n) is 1.51. The highest BCUT2D eigenvalue weighted by Crippen LogP contribution is 2.09. The Kier molecular flexibility index (Phi) is 1.35. The average Bonchev–Trinajstić information content (AvgIpc) is 1.87. The zero-order valence-electron chi connectivity index (χ0n) is 4.06. The minimum atomic E-state index is 0.917. The smallest absolute Gasteiger partial charge is 0.0530 e. The fraction of sp³-hybridized carbons (Fsp3) is 0.500. The largest absolute Gasteiger partial charge is 0.207 e. The second kappa shape index (κ2) is 1.84. The van der Waals surface area contributed by atoms with Gasteiger partial charge in [0.2, 0.25) is 0 Å². The molecular weight excluding hydrogens is 156 g/mol. The highest BCUT2D eigenvalue weighted by Gasteiger charge is 2.05. The maximum Gasteiger partial charge on any atom is 0.0530 e. The van der Waals surface area contributed by atoms with Crippen molar-refractivity contribution < 1.29 is 0 Å². The van der Waals surface area contributed by atoms with Gasteiger partial charge in [-0.1, -0.05) is 15.9 Å². The van der Waals surface area contributed by atoms with Crippen molar-refractivity contribution in [3.63, 3.8) is 0 Å². The summed E-state index contributed by atoms with van der Waals surface area (Å²) in [4.78, 5) is 0. The Hall–Kier alpha value is -0.0200. The molecule has 0 unspecified atom stereocenters. The molecular formula is C4H6BrN2. The van der Waals surface area contributed by atoms with Crippen molar-refractivity contribution in [3.05, 3.63) is 10.7 Å². The van der Waals surface area contributed by atoms with Gasteiger partial charge in [0.1, 0.15) is 0 Å². The summed E-state index contributed by atoms with van der Waals surface area (Å²) in [5.41, 5.74) is 3.94. The van der Waals surface area contributed by atoms with Crippen molar-refractivity contribution in [1.29, 1.82) is 0 Å². The molecule has 39 valence electrons. The average molecular weight is 162 g/mol. The van der Waals surface area contributed by atoms with E-state index < -0.39 is 0 Å². The van der Waals surface area contributed by atoms with Crippen LogP contribution >= 0.6 is 15.9 Å². The fourth-order valence-corrected chi connectivity index (χ4v) is 0.916. The quantitative estimate of drug-likeness (QED) is 0.512. The maximum atomic E-state index is 3.94. The third-order valence-electron chi connectivity index (χ3n) is 0.775. The minimum absolute atomic E-state index is 0.917. The molecule has 0 aliphatic carbocycles. The summed E-state index contributed by atoms with van der Waals surface area (Å²) in [7, 11) is 1.94. The van der Waals surface area contributed by atoms with Gasteiger partial charge in [-0.2, -0.15) is 5.01 Å². The van der Waals surface area contributed by atoms with Gasteiger partial charge in [-0.05, 0) is 0 Å².